The molecule has 0 saturated carbocycles. The van der Waals surface area contributed by atoms with Gasteiger partial charge in [0.25, 0.3) is 5.56 Å². The second kappa shape index (κ2) is 8.20. The third-order valence-electron chi connectivity index (χ3n) is 4.79. The average molecular weight is 404 g/mol. The lowest BCUT2D eigenvalue weighted by atomic mass is 10.1. The van der Waals surface area contributed by atoms with E-state index in [4.69, 9.17) is 4.42 Å². The molecule has 3 aromatic heterocycles. The highest BCUT2D eigenvalue weighted by Gasteiger charge is 2.16. The summed E-state index contributed by atoms with van der Waals surface area (Å²) in [7, 11) is 0. The van der Waals surface area contributed by atoms with E-state index in [9.17, 15) is 14.4 Å². The van der Waals surface area contributed by atoms with E-state index >= 15 is 0 Å². The van der Waals surface area contributed by atoms with Crippen LogP contribution in [0.15, 0.2) is 75.0 Å². The van der Waals surface area contributed by atoms with Gasteiger partial charge in [-0.1, -0.05) is 29.8 Å². The van der Waals surface area contributed by atoms with Gasteiger partial charge in [0, 0.05) is 6.20 Å². The molecule has 0 radical (unpaired) electrons. The minimum Gasteiger partial charge on any atom is -0.467 e. The molecule has 0 aliphatic rings. The maximum absolute atomic E-state index is 13.1. The molecule has 0 bridgehead atoms. The van der Waals surface area contributed by atoms with Crippen molar-refractivity contribution in [2.24, 2.45) is 0 Å². The Labute approximate surface area is 171 Å². The molecule has 0 fully saturated rings. The Balaban J connectivity index is 1.70. The van der Waals surface area contributed by atoms with E-state index in [1.807, 2.05) is 31.2 Å². The van der Waals surface area contributed by atoms with E-state index in [2.05, 4.69) is 10.3 Å². The van der Waals surface area contributed by atoms with Crippen molar-refractivity contribution in [1.29, 1.82) is 0 Å². The van der Waals surface area contributed by atoms with Gasteiger partial charge < -0.3 is 9.73 Å². The van der Waals surface area contributed by atoms with Gasteiger partial charge in [-0.25, -0.2) is 9.78 Å². The number of furan rings is 1. The molecule has 0 unspecified atom stereocenters. The Morgan fingerprint density at radius 2 is 1.87 bits per heavy atom. The first kappa shape index (κ1) is 19.4. The van der Waals surface area contributed by atoms with E-state index < -0.39 is 11.2 Å². The molecule has 1 aromatic carbocycles. The van der Waals surface area contributed by atoms with Crippen molar-refractivity contribution in [2.75, 3.05) is 0 Å². The Morgan fingerprint density at radius 1 is 1.07 bits per heavy atom. The molecule has 152 valence electrons. The molecule has 4 aromatic rings. The predicted octanol–water partition coefficient (Wildman–Crippen LogP) is 1.82. The highest BCUT2D eigenvalue weighted by molar-refractivity contribution is 5.79. The number of hydrogen-bond donors (Lipinski definition) is 1. The van der Waals surface area contributed by atoms with Crippen LogP contribution in [0.5, 0.6) is 0 Å². The van der Waals surface area contributed by atoms with E-state index in [1.54, 1.807) is 24.3 Å². The number of aryl methyl sites for hydroxylation is 1. The van der Waals surface area contributed by atoms with Gasteiger partial charge in [0.05, 0.1) is 24.9 Å². The molecule has 8 nitrogen and oxygen atoms in total. The molecule has 4 rings (SSSR count). The van der Waals surface area contributed by atoms with Crippen molar-refractivity contribution in [1.82, 2.24) is 19.4 Å². The van der Waals surface area contributed by atoms with E-state index in [-0.39, 0.29) is 31.1 Å². The zero-order valence-corrected chi connectivity index (χ0v) is 16.4. The zero-order chi connectivity index (χ0) is 21.1. The van der Waals surface area contributed by atoms with Crippen LogP contribution >= 0.6 is 0 Å². The van der Waals surface area contributed by atoms with E-state index in [0.29, 0.717) is 11.3 Å². The number of pyridine rings is 1. The third kappa shape index (κ3) is 3.93. The maximum Gasteiger partial charge on any atom is 0.332 e. The monoisotopic (exact) mass is 404 g/mol. The van der Waals surface area contributed by atoms with Crippen molar-refractivity contribution in [2.45, 2.75) is 26.6 Å². The largest absolute Gasteiger partial charge is 0.467 e. The molecule has 0 aliphatic heterocycles. The minimum atomic E-state index is -0.561. The third-order valence-corrected chi connectivity index (χ3v) is 4.79. The number of nitrogens with one attached hydrogen (secondary N) is 1. The first-order valence-electron chi connectivity index (χ1n) is 9.46. The Morgan fingerprint density at radius 3 is 2.60 bits per heavy atom. The number of amides is 1. The fourth-order valence-corrected chi connectivity index (χ4v) is 3.21. The number of carbonyl (C=O) groups excluding carboxylic acids is 1. The van der Waals surface area contributed by atoms with Crippen molar-refractivity contribution in [3.8, 4) is 0 Å². The normalized spacial score (nSPS) is 11.0. The molecular formula is C22H20N4O4. The van der Waals surface area contributed by atoms with Crippen LogP contribution in [0.1, 0.15) is 16.9 Å². The first-order valence-corrected chi connectivity index (χ1v) is 9.46. The molecule has 0 atom stereocenters. The molecule has 30 heavy (non-hydrogen) atoms. The molecule has 0 aliphatic carbocycles. The maximum atomic E-state index is 13.1. The topological polar surface area (TPSA) is 99.1 Å². The molecule has 1 amide bonds. The van der Waals surface area contributed by atoms with Gasteiger partial charge in [0.2, 0.25) is 5.91 Å². The standard InChI is InChI=1S/C22H20N4O4/c1-15-6-8-16(9-7-15)13-26-21(28)20-18(5-2-10-23-20)25(22(26)29)14-19(27)24-12-17-4-3-11-30-17/h2-11H,12-14H2,1H3,(H,24,27). The quantitative estimate of drug-likeness (QED) is 0.529. The molecule has 0 spiro atoms. The number of carbonyl (C=O) groups is 1. The summed E-state index contributed by atoms with van der Waals surface area (Å²) in [5, 5.41) is 2.72. The summed E-state index contributed by atoms with van der Waals surface area (Å²) in [6.07, 6.45) is 3.01. The van der Waals surface area contributed by atoms with Crippen LogP contribution in [-0.2, 0) is 24.4 Å². The summed E-state index contributed by atoms with van der Waals surface area (Å²) in [6, 6.07) is 14.3. The lowest BCUT2D eigenvalue weighted by molar-refractivity contribution is -0.121. The van der Waals surface area contributed by atoms with Crippen molar-refractivity contribution in [3.63, 3.8) is 0 Å². The molecule has 0 saturated heterocycles. The Kier molecular flexibility index (Phi) is 5.30. The molecular weight excluding hydrogens is 384 g/mol. The van der Waals surface area contributed by atoms with Crippen LogP contribution in [-0.4, -0.2) is 20.0 Å². The van der Waals surface area contributed by atoms with Crippen LogP contribution in [0.3, 0.4) is 0 Å². The number of rotatable bonds is 6. The second-order valence-corrected chi connectivity index (χ2v) is 6.97. The smallest absolute Gasteiger partial charge is 0.332 e. The summed E-state index contributed by atoms with van der Waals surface area (Å²) in [4.78, 5) is 42.7. The summed E-state index contributed by atoms with van der Waals surface area (Å²) < 4.78 is 7.58. The van der Waals surface area contributed by atoms with Crippen LogP contribution in [0.2, 0.25) is 0 Å². The highest BCUT2D eigenvalue weighted by Crippen LogP contribution is 2.07. The van der Waals surface area contributed by atoms with Gasteiger partial charge in [0.15, 0.2) is 5.52 Å². The van der Waals surface area contributed by atoms with E-state index in [1.165, 1.54) is 17.0 Å². The lowest BCUT2D eigenvalue weighted by Gasteiger charge is -2.13. The minimum absolute atomic E-state index is 0.0957. The van der Waals surface area contributed by atoms with Gasteiger partial charge in [-0.05, 0) is 36.8 Å². The van der Waals surface area contributed by atoms with Gasteiger partial charge >= 0.3 is 5.69 Å². The molecule has 3 heterocycles. The van der Waals surface area contributed by atoms with E-state index in [0.717, 1.165) is 15.7 Å². The van der Waals surface area contributed by atoms with Gasteiger partial charge in [0.1, 0.15) is 12.3 Å². The predicted molar refractivity (Wildman–Crippen MR) is 111 cm³/mol. The lowest BCUT2D eigenvalue weighted by Crippen LogP contribution is -2.43. The number of aromatic nitrogens is 3. The van der Waals surface area contributed by atoms with Gasteiger partial charge in [-0.3, -0.25) is 18.7 Å². The number of hydrogen-bond acceptors (Lipinski definition) is 5. The average Bonchev–Trinajstić information content (AvgIpc) is 3.28. The summed E-state index contributed by atoms with van der Waals surface area (Å²) in [5.41, 5.74) is 1.31. The van der Waals surface area contributed by atoms with Gasteiger partial charge in [-0.2, -0.15) is 0 Å². The second-order valence-electron chi connectivity index (χ2n) is 6.97. The van der Waals surface area contributed by atoms with Crippen LogP contribution in [0, 0.1) is 6.92 Å². The number of nitrogens with zero attached hydrogens (tertiary/aromatic N) is 3. The number of fused-ring (bicyclic) bond motifs is 1. The summed E-state index contributed by atoms with van der Waals surface area (Å²) in [5.74, 6) is 0.228. The van der Waals surface area contributed by atoms with Crippen molar-refractivity contribution in [3.05, 3.63) is 98.7 Å². The Hall–Kier alpha value is -3.94. The molecule has 8 heteroatoms. The Bertz CT molecular complexity index is 1300. The zero-order valence-electron chi connectivity index (χ0n) is 16.4. The summed E-state index contributed by atoms with van der Waals surface area (Å²) >= 11 is 0. The van der Waals surface area contributed by atoms with Crippen molar-refractivity contribution < 1.29 is 9.21 Å². The molecule has 1 N–H and O–H groups in total. The number of benzene rings is 1. The van der Waals surface area contributed by atoms with Gasteiger partial charge in [-0.15, -0.1) is 0 Å². The van der Waals surface area contributed by atoms with Crippen molar-refractivity contribution >= 4 is 16.9 Å². The SMILES string of the molecule is Cc1ccc(Cn2c(=O)c3ncccc3n(CC(=O)NCc3ccco3)c2=O)cc1. The highest BCUT2D eigenvalue weighted by atomic mass is 16.3. The van der Waals surface area contributed by atoms with Crippen LogP contribution in [0.25, 0.3) is 11.0 Å². The first-order chi connectivity index (χ1) is 14.5. The fraction of sp³-hybridized carbons (Fsp3) is 0.182. The summed E-state index contributed by atoms with van der Waals surface area (Å²) in [6.45, 7) is 2.03. The fourth-order valence-electron chi connectivity index (χ4n) is 3.21. The van der Waals surface area contributed by atoms with Crippen LogP contribution in [0.4, 0.5) is 0 Å². The van der Waals surface area contributed by atoms with Crippen LogP contribution < -0.4 is 16.6 Å².